The highest BCUT2D eigenvalue weighted by Gasteiger charge is 2.31. The zero-order valence-corrected chi connectivity index (χ0v) is 15.8. The van der Waals surface area contributed by atoms with Crippen molar-refractivity contribution in [3.05, 3.63) is 30.1 Å². The van der Waals surface area contributed by atoms with Gasteiger partial charge in [-0.2, -0.15) is 5.10 Å². The third-order valence-electron chi connectivity index (χ3n) is 5.36. The van der Waals surface area contributed by atoms with Gasteiger partial charge in [-0.15, -0.1) is 0 Å². The Balaban J connectivity index is 1.60. The molecule has 1 N–H and O–H groups in total. The van der Waals surface area contributed by atoms with Gasteiger partial charge >= 0.3 is 0 Å². The smallest absolute Gasteiger partial charge is 0.270 e. The Morgan fingerprint density at radius 1 is 1.26 bits per heavy atom. The van der Waals surface area contributed by atoms with E-state index in [1.807, 2.05) is 23.1 Å². The van der Waals surface area contributed by atoms with Gasteiger partial charge in [-0.3, -0.25) is 9.59 Å². The van der Waals surface area contributed by atoms with Crippen LogP contribution in [0.2, 0.25) is 0 Å². The summed E-state index contributed by atoms with van der Waals surface area (Å²) in [5.74, 6) is 1.07. The number of nitrogens with zero attached hydrogens (tertiary/aromatic N) is 4. The second-order valence-electron chi connectivity index (χ2n) is 7.61. The van der Waals surface area contributed by atoms with Crippen molar-refractivity contribution in [1.29, 1.82) is 0 Å². The molecule has 0 bridgehead atoms. The highest BCUT2D eigenvalue weighted by atomic mass is 16.2. The minimum atomic E-state index is -0.131. The lowest BCUT2D eigenvalue weighted by Crippen LogP contribution is -2.45. The van der Waals surface area contributed by atoms with Crippen LogP contribution in [0.1, 0.15) is 57.3 Å². The fourth-order valence-corrected chi connectivity index (χ4v) is 4.08. The Labute approximate surface area is 158 Å². The fraction of sp³-hybridized carbons (Fsp3) is 0.500. The average Bonchev–Trinajstić information content (AvgIpc) is 3.08. The Hall–Kier alpha value is -2.70. The molecule has 1 saturated heterocycles. The number of likely N-dealkylation sites (tertiary alicyclic amines) is 1. The van der Waals surface area contributed by atoms with Crippen molar-refractivity contribution >= 4 is 28.6 Å². The van der Waals surface area contributed by atoms with Crippen molar-refractivity contribution < 1.29 is 9.59 Å². The highest BCUT2D eigenvalue weighted by molar-refractivity contribution is 6.39. The lowest BCUT2D eigenvalue weighted by Gasteiger charge is -2.33. The number of amides is 2. The van der Waals surface area contributed by atoms with Crippen molar-refractivity contribution in [1.82, 2.24) is 19.9 Å². The molecule has 1 fully saturated rings. The van der Waals surface area contributed by atoms with E-state index in [1.165, 1.54) is 0 Å². The van der Waals surface area contributed by atoms with Gasteiger partial charge in [0, 0.05) is 37.9 Å². The van der Waals surface area contributed by atoms with Gasteiger partial charge in [-0.25, -0.2) is 10.4 Å². The molecule has 2 aromatic rings. The first-order chi connectivity index (χ1) is 13.0. The predicted octanol–water partition coefficient (Wildman–Crippen LogP) is 2.59. The number of nitrogens with one attached hydrogen (secondary N) is 1. The number of imidazole rings is 1. The molecular formula is C20H25N5O2. The molecule has 27 heavy (non-hydrogen) atoms. The molecule has 142 valence electrons. The Bertz CT molecular complexity index is 914. The van der Waals surface area contributed by atoms with Gasteiger partial charge in [0.15, 0.2) is 0 Å². The second-order valence-corrected chi connectivity index (χ2v) is 7.61. The first kappa shape index (κ1) is 17.7. The zero-order valence-electron chi connectivity index (χ0n) is 15.8. The number of piperidine rings is 1. The number of rotatable bonds is 3. The van der Waals surface area contributed by atoms with Crippen LogP contribution in [0, 0.1) is 0 Å². The minimum Gasteiger partial charge on any atom is -0.337 e. The summed E-state index contributed by atoms with van der Waals surface area (Å²) in [5, 5.41) is 3.97. The second kappa shape index (κ2) is 7.13. The maximum Gasteiger partial charge on any atom is 0.270 e. The van der Waals surface area contributed by atoms with E-state index in [0.717, 1.165) is 36.2 Å². The first-order valence-electron chi connectivity index (χ1n) is 9.66. The number of hydrazone groups is 1. The average molecular weight is 367 g/mol. The van der Waals surface area contributed by atoms with Crippen LogP contribution >= 0.6 is 0 Å². The molecule has 0 spiro atoms. The van der Waals surface area contributed by atoms with E-state index in [4.69, 9.17) is 4.98 Å². The number of hydrogen-bond acceptors (Lipinski definition) is 4. The summed E-state index contributed by atoms with van der Waals surface area (Å²) in [7, 11) is 0. The van der Waals surface area contributed by atoms with E-state index in [9.17, 15) is 9.59 Å². The van der Waals surface area contributed by atoms with Crippen LogP contribution < -0.4 is 5.43 Å². The molecule has 0 unspecified atom stereocenters. The van der Waals surface area contributed by atoms with E-state index in [1.54, 1.807) is 0 Å². The fourth-order valence-electron chi connectivity index (χ4n) is 4.08. The summed E-state index contributed by atoms with van der Waals surface area (Å²) in [4.78, 5) is 30.9. The number of fused-ring (bicyclic) bond motifs is 1. The Morgan fingerprint density at radius 3 is 2.81 bits per heavy atom. The standard InChI is InChI=1S/C20H25N5O2/c1-13(2)25-17-8-4-3-7-15(17)21-19(25)14-6-5-11-24(12-14)20(27)16-9-10-18(26)23-22-16/h3-4,7-8,13-14H,5-6,9-12H2,1-2H3,(H,23,26)/t14-/m0/s1. The summed E-state index contributed by atoms with van der Waals surface area (Å²) >= 11 is 0. The molecule has 1 atom stereocenters. The van der Waals surface area contributed by atoms with Gasteiger partial charge in [0.1, 0.15) is 11.5 Å². The molecule has 2 aliphatic rings. The number of para-hydroxylation sites is 2. The van der Waals surface area contributed by atoms with Gasteiger partial charge in [0.2, 0.25) is 5.91 Å². The number of hydrogen-bond donors (Lipinski definition) is 1. The van der Waals surface area contributed by atoms with Crippen LogP contribution in [-0.4, -0.2) is 45.1 Å². The number of aromatic nitrogens is 2. The molecule has 3 heterocycles. The van der Waals surface area contributed by atoms with Crippen molar-refractivity contribution in [3.8, 4) is 0 Å². The zero-order chi connectivity index (χ0) is 19.0. The van der Waals surface area contributed by atoms with Crippen LogP contribution in [0.5, 0.6) is 0 Å². The maximum absolute atomic E-state index is 12.8. The minimum absolute atomic E-state index is 0.0630. The van der Waals surface area contributed by atoms with E-state index in [0.29, 0.717) is 31.1 Å². The van der Waals surface area contributed by atoms with E-state index >= 15 is 0 Å². The molecule has 7 heteroatoms. The highest BCUT2D eigenvalue weighted by Crippen LogP contribution is 2.31. The van der Waals surface area contributed by atoms with Crippen LogP contribution in [0.25, 0.3) is 11.0 Å². The summed E-state index contributed by atoms with van der Waals surface area (Å²) in [6, 6.07) is 8.51. The van der Waals surface area contributed by atoms with Crippen molar-refractivity contribution in [2.45, 2.75) is 51.5 Å². The molecule has 2 aliphatic heterocycles. The first-order valence-corrected chi connectivity index (χ1v) is 9.66. The van der Waals surface area contributed by atoms with Crippen molar-refractivity contribution in [2.24, 2.45) is 5.10 Å². The summed E-state index contributed by atoms with van der Waals surface area (Å²) in [6.45, 7) is 5.71. The van der Waals surface area contributed by atoms with Gasteiger partial charge in [0.05, 0.1) is 11.0 Å². The molecule has 1 aromatic heterocycles. The molecule has 7 nitrogen and oxygen atoms in total. The summed E-state index contributed by atoms with van der Waals surface area (Å²) in [6.07, 6.45) is 2.70. The predicted molar refractivity (Wildman–Crippen MR) is 103 cm³/mol. The molecule has 4 rings (SSSR count). The van der Waals surface area contributed by atoms with Crippen molar-refractivity contribution in [2.75, 3.05) is 13.1 Å². The summed E-state index contributed by atoms with van der Waals surface area (Å²) < 4.78 is 2.30. The van der Waals surface area contributed by atoms with Crippen LogP contribution in [0.15, 0.2) is 29.4 Å². The van der Waals surface area contributed by atoms with Crippen LogP contribution in [0.4, 0.5) is 0 Å². The number of carbonyl (C=O) groups is 2. The van der Waals surface area contributed by atoms with Gasteiger partial charge < -0.3 is 9.47 Å². The number of carbonyl (C=O) groups excluding carboxylic acids is 2. The Morgan fingerprint density at radius 2 is 2.07 bits per heavy atom. The molecular weight excluding hydrogens is 342 g/mol. The van der Waals surface area contributed by atoms with E-state index < -0.39 is 0 Å². The molecule has 0 saturated carbocycles. The van der Waals surface area contributed by atoms with E-state index in [-0.39, 0.29) is 17.7 Å². The van der Waals surface area contributed by atoms with Crippen LogP contribution in [-0.2, 0) is 9.59 Å². The Kier molecular flexibility index (Phi) is 4.68. The monoisotopic (exact) mass is 367 g/mol. The molecule has 2 amide bonds. The third-order valence-corrected chi connectivity index (χ3v) is 5.36. The normalized spacial score (nSPS) is 20.7. The quantitative estimate of drug-likeness (QED) is 0.905. The molecule has 0 aliphatic carbocycles. The summed E-state index contributed by atoms with van der Waals surface area (Å²) in [5.41, 5.74) is 5.02. The lowest BCUT2D eigenvalue weighted by molar-refractivity contribution is -0.125. The lowest BCUT2D eigenvalue weighted by atomic mass is 9.96. The number of benzene rings is 1. The van der Waals surface area contributed by atoms with Crippen LogP contribution in [0.3, 0.4) is 0 Å². The third kappa shape index (κ3) is 3.34. The largest absolute Gasteiger partial charge is 0.337 e. The van der Waals surface area contributed by atoms with E-state index in [2.05, 4.69) is 35.0 Å². The van der Waals surface area contributed by atoms with Crippen molar-refractivity contribution in [3.63, 3.8) is 0 Å². The maximum atomic E-state index is 12.8. The SMILES string of the molecule is CC(C)n1c([C@H]2CCCN(C(=O)C3=NNC(=O)CC3)C2)nc2ccccc21. The topological polar surface area (TPSA) is 79.6 Å². The van der Waals surface area contributed by atoms with Gasteiger partial charge in [-0.1, -0.05) is 12.1 Å². The molecule has 0 radical (unpaired) electrons. The van der Waals surface area contributed by atoms with Gasteiger partial charge in [-0.05, 0) is 38.8 Å². The molecule has 1 aromatic carbocycles. The van der Waals surface area contributed by atoms with Gasteiger partial charge in [0.25, 0.3) is 5.91 Å².